The smallest absolute Gasteiger partial charge is 0.225 e. The fraction of sp³-hybridized carbons (Fsp3) is 0.579. The minimum Gasteiger partial charge on any atom is -0.379 e. The van der Waals surface area contributed by atoms with Crippen LogP contribution in [0.15, 0.2) is 29.3 Å². The highest BCUT2D eigenvalue weighted by atomic mass is 16.5. The molecule has 7 nitrogen and oxygen atoms in total. The summed E-state index contributed by atoms with van der Waals surface area (Å²) in [5.74, 6) is 0.483. The van der Waals surface area contributed by atoms with Gasteiger partial charge in [0.25, 0.3) is 0 Å². The van der Waals surface area contributed by atoms with Crippen LogP contribution in [0.2, 0.25) is 0 Å². The second kappa shape index (κ2) is 11.5. The second-order valence-corrected chi connectivity index (χ2v) is 6.43. The van der Waals surface area contributed by atoms with E-state index in [9.17, 15) is 4.79 Å². The van der Waals surface area contributed by atoms with Gasteiger partial charge in [-0.05, 0) is 24.1 Å². The molecule has 0 bridgehead atoms. The molecule has 0 atom stereocenters. The number of rotatable bonds is 9. The number of unbranched alkanes of at least 4 members (excludes halogenated alkanes) is 1. The first-order valence-electron chi connectivity index (χ1n) is 9.40. The van der Waals surface area contributed by atoms with Gasteiger partial charge >= 0.3 is 0 Å². The van der Waals surface area contributed by atoms with Crippen LogP contribution in [0.3, 0.4) is 0 Å². The first kappa shape index (κ1) is 20.2. The largest absolute Gasteiger partial charge is 0.379 e. The molecule has 0 aliphatic carbocycles. The Hall–Kier alpha value is -2.12. The molecule has 26 heavy (non-hydrogen) atoms. The molecule has 7 heteroatoms. The number of nitrogens with two attached hydrogens (primary N) is 1. The van der Waals surface area contributed by atoms with Crippen molar-refractivity contribution in [2.24, 2.45) is 10.7 Å². The number of amides is 1. The number of anilines is 1. The number of hydrogen-bond donors (Lipinski definition) is 3. The number of nitrogens with zero attached hydrogens (tertiary/aromatic N) is 2. The van der Waals surface area contributed by atoms with Gasteiger partial charge in [0.2, 0.25) is 5.91 Å². The van der Waals surface area contributed by atoms with Crippen molar-refractivity contribution in [2.75, 3.05) is 44.7 Å². The van der Waals surface area contributed by atoms with Gasteiger partial charge in [-0.25, -0.2) is 4.99 Å². The molecule has 0 radical (unpaired) electrons. The van der Waals surface area contributed by atoms with E-state index in [1.807, 2.05) is 24.3 Å². The molecule has 1 fully saturated rings. The van der Waals surface area contributed by atoms with E-state index >= 15 is 0 Å². The second-order valence-electron chi connectivity index (χ2n) is 6.43. The SMILES string of the molecule is CCCCNC(N)=NCc1cccc(NC(=O)CCN2CCOCC2)c1. The van der Waals surface area contributed by atoms with Crippen molar-refractivity contribution in [1.82, 2.24) is 10.2 Å². The molecule has 4 N–H and O–H groups in total. The van der Waals surface area contributed by atoms with E-state index < -0.39 is 0 Å². The van der Waals surface area contributed by atoms with Gasteiger partial charge < -0.3 is 21.1 Å². The maximum atomic E-state index is 12.2. The molecule has 1 aromatic carbocycles. The monoisotopic (exact) mass is 361 g/mol. The summed E-state index contributed by atoms with van der Waals surface area (Å²) in [5, 5.41) is 6.05. The molecule has 2 rings (SSSR count). The van der Waals surface area contributed by atoms with E-state index in [4.69, 9.17) is 10.5 Å². The molecule has 1 saturated heterocycles. The molecule has 1 aromatic rings. The average molecular weight is 361 g/mol. The van der Waals surface area contributed by atoms with Crippen LogP contribution >= 0.6 is 0 Å². The van der Waals surface area contributed by atoms with Gasteiger partial charge in [0.1, 0.15) is 0 Å². The van der Waals surface area contributed by atoms with Crippen molar-refractivity contribution in [2.45, 2.75) is 32.7 Å². The fourth-order valence-electron chi connectivity index (χ4n) is 2.68. The lowest BCUT2D eigenvalue weighted by atomic mass is 10.2. The first-order chi connectivity index (χ1) is 12.7. The van der Waals surface area contributed by atoms with Crippen molar-refractivity contribution in [3.05, 3.63) is 29.8 Å². The van der Waals surface area contributed by atoms with E-state index in [-0.39, 0.29) is 5.91 Å². The third kappa shape index (κ3) is 7.84. The van der Waals surface area contributed by atoms with Crippen LogP contribution in [-0.4, -0.2) is 56.2 Å². The summed E-state index contributed by atoms with van der Waals surface area (Å²) in [6, 6.07) is 7.73. The zero-order valence-electron chi connectivity index (χ0n) is 15.7. The number of benzene rings is 1. The van der Waals surface area contributed by atoms with Crippen molar-refractivity contribution >= 4 is 17.6 Å². The third-order valence-electron chi connectivity index (χ3n) is 4.24. The van der Waals surface area contributed by atoms with Crippen molar-refractivity contribution in [3.8, 4) is 0 Å². The summed E-state index contributed by atoms with van der Waals surface area (Å²) >= 11 is 0. The number of nitrogens with one attached hydrogen (secondary N) is 2. The standard InChI is InChI=1S/C19H31N5O2/c1-2-3-8-21-19(20)22-15-16-5-4-6-17(14-16)23-18(25)7-9-24-10-12-26-13-11-24/h4-6,14H,2-3,7-13,15H2,1H3,(H,23,25)(H3,20,21,22). The molecule has 0 saturated carbocycles. The summed E-state index contributed by atoms with van der Waals surface area (Å²) in [4.78, 5) is 18.7. The molecule has 1 aliphatic heterocycles. The maximum absolute atomic E-state index is 12.2. The lowest BCUT2D eigenvalue weighted by Gasteiger charge is -2.26. The van der Waals surface area contributed by atoms with Crippen molar-refractivity contribution in [3.63, 3.8) is 0 Å². The summed E-state index contributed by atoms with van der Waals surface area (Å²) < 4.78 is 5.32. The van der Waals surface area contributed by atoms with Crippen molar-refractivity contribution in [1.29, 1.82) is 0 Å². The molecule has 1 heterocycles. The van der Waals surface area contributed by atoms with Gasteiger partial charge in [-0.15, -0.1) is 0 Å². The van der Waals surface area contributed by atoms with Crippen molar-refractivity contribution < 1.29 is 9.53 Å². The highest BCUT2D eigenvalue weighted by molar-refractivity contribution is 5.90. The molecule has 144 valence electrons. The lowest BCUT2D eigenvalue weighted by Crippen LogP contribution is -2.38. The Kier molecular flexibility index (Phi) is 8.92. The Morgan fingerprint density at radius 3 is 2.92 bits per heavy atom. The molecular weight excluding hydrogens is 330 g/mol. The van der Waals surface area contributed by atoms with Crippen LogP contribution < -0.4 is 16.4 Å². The minimum atomic E-state index is 0.0258. The Balaban J connectivity index is 1.76. The molecule has 1 amide bonds. The molecule has 0 spiro atoms. The zero-order chi connectivity index (χ0) is 18.6. The van der Waals surface area contributed by atoms with Gasteiger partial charge in [0, 0.05) is 38.3 Å². The van der Waals surface area contributed by atoms with Gasteiger partial charge in [-0.2, -0.15) is 0 Å². The number of carbonyl (C=O) groups excluding carboxylic acids is 1. The topological polar surface area (TPSA) is 92.0 Å². The number of carbonyl (C=O) groups is 1. The molecule has 0 aromatic heterocycles. The number of ether oxygens (including phenoxy) is 1. The van der Waals surface area contributed by atoms with Gasteiger partial charge in [-0.1, -0.05) is 25.5 Å². The van der Waals surface area contributed by atoms with Gasteiger partial charge in [-0.3, -0.25) is 9.69 Å². The minimum absolute atomic E-state index is 0.0258. The maximum Gasteiger partial charge on any atom is 0.225 e. The highest BCUT2D eigenvalue weighted by Crippen LogP contribution is 2.12. The number of aliphatic imine (C=N–C) groups is 1. The highest BCUT2D eigenvalue weighted by Gasteiger charge is 2.12. The van der Waals surface area contributed by atoms with Crippen LogP contribution in [0.4, 0.5) is 5.69 Å². The summed E-state index contributed by atoms with van der Waals surface area (Å²) in [5.41, 5.74) is 7.65. The Morgan fingerprint density at radius 2 is 2.15 bits per heavy atom. The summed E-state index contributed by atoms with van der Waals surface area (Å²) in [7, 11) is 0. The Bertz CT molecular complexity index is 585. The zero-order valence-corrected chi connectivity index (χ0v) is 15.7. The number of hydrogen-bond acceptors (Lipinski definition) is 4. The molecule has 0 unspecified atom stereocenters. The van der Waals surface area contributed by atoms with E-state index in [0.717, 1.165) is 63.5 Å². The van der Waals surface area contributed by atoms with E-state index in [0.29, 0.717) is 18.9 Å². The predicted octanol–water partition coefficient (Wildman–Crippen LogP) is 1.55. The van der Waals surface area contributed by atoms with Gasteiger partial charge in [0.15, 0.2) is 5.96 Å². The normalized spacial score (nSPS) is 15.7. The van der Waals surface area contributed by atoms with Gasteiger partial charge in [0.05, 0.1) is 19.8 Å². The van der Waals surface area contributed by atoms with Crippen LogP contribution in [0.1, 0.15) is 31.7 Å². The van der Waals surface area contributed by atoms with E-state index in [2.05, 4.69) is 27.4 Å². The lowest BCUT2D eigenvalue weighted by molar-refractivity contribution is -0.116. The molecular formula is C19H31N5O2. The van der Waals surface area contributed by atoms with E-state index in [1.54, 1.807) is 0 Å². The Labute approximate surface area is 156 Å². The third-order valence-corrected chi connectivity index (χ3v) is 4.24. The predicted molar refractivity (Wildman–Crippen MR) is 105 cm³/mol. The van der Waals surface area contributed by atoms with Crippen LogP contribution in [0.5, 0.6) is 0 Å². The van der Waals surface area contributed by atoms with Crippen LogP contribution in [0.25, 0.3) is 0 Å². The Morgan fingerprint density at radius 1 is 1.35 bits per heavy atom. The van der Waals surface area contributed by atoms with E-state index in [1.165, 1.54) is 0 Å². The molecule has 1 aliphatic rings. The summed E-state index contributed by atoms with van der Waals surface area (Å²) in [6.45, 7) is 7.52. The number of morpholine rings is 1. The number of guanidine groups is 1. The summed E-state index contributed by atoms with van der Waals surface area (Å²) in [6.07, 6.45) is 2.67. The van der Waals surface area contributed by atoms with Crippen LogP contribution in [-0.2, 0) is 16.1 Å². The quantitative estimate of drug-likeness (QED) is 0.353. The van der Waals surface area contributed by atoms with Crippen LogP contribution in [0, 0.1) is 0 Å². The first-order valence-corrected chi connectivity index (χ1v) is 9.40. The fourth-order valence-corrected chi connectivity index (χ4v) is 2.68. The average Bonchev–Trinajstić information content (AvgIpc) is 2.66.